The largest absolute Gasteiger partial charge is 0.508 e. The summed E-state index contributed by atoms with van der Waals surface area (Å²) in [5.41, 5.74) is 0. The molecule has 5 heteroatoms. The highest BCUT2D eigenvalue weighted by molar-refractivity contribution is 7.80. The summed E-state index contributed by atoms with van der Waals surface area (Å²) in [6, 6.07) is 0. The molecular formula is C17H32O4S. The number of carbonyl (C=O) groups is 1. The molecule has 1 heterocycles. The van der Waals surface area contributed by atoms with Gasteiger partial charge in [0, 0.05) is 6.42 Å². The van der Waals surface area contributed by atoms with Crippen molar-refractivity contribution < 1.29 is 19.0 Å². The number of thiol groups is 1. The average molecular weight is 333 g/mol. The van der Waals surface area contributed by atoms with Crippen molar-refractivity contribution in [2.45, 2.75) is 76.7 Å². The predicted octanol–water partition coefficient (Wildman–Crippen LogP) is 4.76. The summed E-state index contributed by atoms with van der Waals surface area (Å²) in [6.45, 7) is 1.65. The van der Waals surface area contributed by atoms with Gasteiger partial charge in [0.25, 0.3) is 0 Å². The minimum Gasteiger partial charge on any atom is -0.434 e. The number of hydrogen-bond acceptors (Lipinski definition) is 5. The first-order valence-electron chi connectivity index (χ1n) is 8.85. The molecular weight excluding hydrogens is 300 g/mol. The van der Waals surface area contributed by atoms with Crippen molar-refractivity contribution in [3.63, 3.8) is 0 Å². The van der Waals surface area contributed by atoms with E-state index in [9.17, 15) is 4.79 Å². The second kappa shape index (κ2) is 14.2. The van der Waals surface area contributed by atoms with E-state index in [0.29, 0.717) is 19.8 Å². The fraction of sp³-hybridized carbons (Fsp3) is 0.941. The summed E-state index contributed by atoms with van der Waals surface area (Å²) >= 11 is 4.22. The van der Waals surface area contributed by atoms with Crippen molar-refractivity contribution in [3.8, 4) is 0 Å². The Morgan fingerprint density at radius 3 is 2.09 bits per heavy atom. The van der Waals surface area contributed by atoms with Crippen LogP contribution < -0.4 is 0 Å². The van der Waals surface area contributed by atoms with Gasteiger partial charge in [0.1, 0.15) is 6.10 Å². The smallest absolute Gasteiger partial charge is 0.434 e. The standard InChI is InChI=1S/C17H32O4S/c18-17(21-16-11-13-19-15-16)20-12-9-7-5-3-1-2-4-6-8-10-14-22/h16,22H,1-15H2/t16-/m1/s1. The van der Waals surface area contributed by atoms with E-state index in [0.717, 1.165) is 25.0 Å². The number of ether oxygens (including phenoxy) is 3. The molecule has 1 rings (SSSR count). The molecule has 22 heavy (non-hydrogen) atoms. The van der Waals surface area contributed by atoms with Crippen LogP contribution in [0.3, 0.4) is 0 Å². The number of hydrogen-bond donors (Lipinski definition) is 1. The van der Waals surface area contributed by atoms with Gasteiger partial charge in [0.2, 0.25) is 0 Å². The first-order valence-corrected chi connectivity index (χ1v) is 9.48. The van der Waals surface area contributed by atoms with Crippen LogP contribution in [0.2, 0.25) is 0 Å². The van der Waals surface area contributed by atoms with Gasteiger partial charge in [-0.3, -0.25) is 0 Å². The SMILES string of the molecule is O=C(OCCCCCCCCCCCCS)O[C@@H]1CCOC1. The van der Waals surface area contributed by atoms with Gasteiger partial charge in [-0.15, -0.1) is 0 Å². The van der Waals surface area contributed by atoms with Gasteiger partial charge >= 0.3 is 6.16 Å². The number of carbonyl (C=O) groups excluding carboxylic acids is 1. The van der Waals surface area contributed by atoms with Crippen molar-refractivity contribution in [2.24, 2.45) is 0 Å². The van der Waals surface area contributed by atoms with Crippen LogP contribution in [0.4, 0.5) is 4.79 Å². The summed E-state index contributed by atoms with van der Waals surface area (Å²) in [4.78, 5) is 11.4. The van der Waals surface area contributed by atoms with Gasteiger partial charge in [-0.2, -0.15) is 12.6 Å². The molecule has 0 amide bonds. The third-order valence-corrected chi connectivity index (χ3v) is 4.24. The first kappa shape index (κ1) is 19.6. The van der Waals surface area contributed by atoms with Crippen molar-refractivity contribution in [3.05, 3.63) is 0 Å². The lowest BCUT2D eigenvalue weighted by Gasteiger charge is -2.10. The van der Waals surface area contributed by atoms with Gasteiger partial charge in [-0.25, -0.2) is 4.79 Å². The van der Waals surface area contributed by atoms with Crippen molar-refractivity contribution in [2.75, 3.05) is 25.6 Å². The molecule has 1 aliphatic heterocycles. The normalized spacial score (nSPS) is 17.6. The molecule has 0 radical (unpaired) electrons. The quantitative estimate of drug-likeness (QED) is 0.300. The van der Waals surface area contributed by atoms with Gasteiger partial charge in [-0.1, -0.05) is 51.4 Å². The van der Waals surface area contributed by atoms with E-state index in [2.05, 4.69) is 12.6 Å². The van der Waals surface area contributed by atoms with Gasteiger partial charge in [0.05, 0.1) is 19.8 Å². The Balaban J connectivity index is 1.75. The predicted molar refractivity (Wildman–Crippen MR) is 91.7 cm³/mol. The topological polar surface area (TPSA) is 44.8 Å². The Bertz CT molecular complexity index is 267. The third-order valence-electron chi connectivity index (χ3n) is 3.92. The fourth-order valence-electron chi connectivity index (χ4n) is 2.56. The van der Waals surface area contributed by atoms with Crippen molar-refractivity contribution in [1.82, 2.24) is 0 Å². The first-order chi connectivity index (χ1) is 10.8. The van der Waals surface area contributed by atoms with E-state index in [4.69, 9.17) is 14.2 Å². The molecule has 0 spiro atoms. The second-order valence-electron chi connectivity index (χ2n) is 5.96. The fourth-order valence-corrected chi connectivity index (χ4v) is 2.78. The lowest BCUT2D eigenvalue weighted by Crippen LogP contribution is -2.19. The lowest BCUT2D eigenvalue weighted by molar-refractivity contribution is 0.0187. The minimum atomic E-state index is -0.545. The molecule has 0 N–H and O–H groups in total. The van der Waals surface area contributed by atoms with Crippen LogP contribution in [0.5, 0.6) is 0 Å². The van der Waals surface area contributed by atoms with Crippen LogP contribution in [0.25, 0.3) is 0 Å². The highest BCUT2D eigenvalue weighted by Gasteiger charge is 2.20. The minimum absolute atomic E-state index is 0.111. The van der Waals surface area contributed by atoms with E-state index < -0.39 is 6.16 Å². The summed E-state index contributed by atoms with van der Waals surface area (Å²) in [5.74, 6) is 1.02. The number of unbranched alkanes of at least 4 members (excludes halogenated alkanes) is 9. The van der Waals surface area contributed by atoms with E-state index in [1.54, 1.807) is 0 Å². The zero-order valence-corrected chi connectivity index (χ0v) is 14.7. The maximum Gasteiger partial charge on any atom is 0.508 e. The van der Waals surface area contributed by atoms with Crippen molar-refractivity contribution in [1.29, 1.82) is 0 Å². The molecule has 0 aliphatic carbocycles. The molecule has 1 fully saturated rings. The van der Waals surface area contributed by atoms with Crippen LogP contribution >= 0.6 is 12.6 Å². The van der Waals surface area contributed by atoms with Gasteiger partial charge in [0.15, 0.2) is 0 Å². The Morgan fingerprint density at radius 1 is 0.955 bits per heavy atom. The van der Waals surface area contributed by atoms with E-state index in [-0.39, 0.29) is 6.10 Å². The van der Waals surface area contributed by atoms with Crippen LogP contribution in [0, 0.1) is 0 Å². The number of rotatable bonds is 13. The summed E-state index contributed by atoms with van der Waals surface area (Å²) in [7, 11) is 0. The van der Waals surface area contributed by atoms with Gasteiger partial charge < -0.3 is 14.2 Å². The molecule has 0 bridgehead atoms. The summed E-state index contributed by atoms with van der Waals surface area (Å²) in [5, 5.41) is 0. The maximum absolute atomic E-state index is 11.4. The third kappa shape index (κ3) is 11.2. The average Bonchev–Trinajstić information content (AvgIpc) is 3.01. The highest BCUT2D eigenvalue weighted by atomic mass is 32.1. The van der Waals surface area contributed by atoms with Crippen LogP contribution in [0.1, 0.15) is 70.6 Å². The van der Waals surface area contributed by atoms with Crippen LogP contribution in [-0.2, 0) is 14.2 Å². The molecule has 0 aromatic heterocycles. The lowest BCUT2D eigenvalue weighted by atomic mass is 10.1. The molecule has 1 aliphatic rings. The zero-order valence-electron chi connectivity index (χ0n) is 13.8. The molecule has 1 atom stereocenters. The Kier molecular flexibility index (Phi) is 12.7. The van der Waals surface area contributed by atoms with E-state index in [1.165, 1.54) is 51.4 Å². The Labute approximate surface area is 140 Å². The molecule has 0 aromatic rings. The molecule has 0 unspecified atom stereocenters. The summed E-state index contributed by atoms with van der Waals surface area (Å²) < 4.78 is 15.3. The van der Waals surface area contributed by atoms with Crippen LogP contribution in [0.15, 0.2) is 0 Å². The van der Waals surface area contributed by atoms with Crippen LogP contribution in [-0.4, -0.2) is 37.8 Å². The Hall–Kier alpha value is -0.420. The zero-order chi connectivity index (χ0) is 15.9. The maximum atomic E-state index is 11.4. The van der Waals surface area contributed by atoms with E-state index in [1.807, 2.05) is 0 Å². The molecule has 1 saturated heterocycles. The molecule has 130 valence electrons. The highest BCUT2D eigenvalue weighted by Crippen LogP contribution is 2.12. The van der Waals surface area contributed by atoms with Crippen molar-refractivity contribution >= 4 is 18.8 Å². The second-order valence-corrected chi connectivity index (χ2v) is 6.41. The monoisotopic (exact) mass is 332 g/mol. The summed E-state index contributed by atoms with van der Waals surface area (Å²) in [6.07, 6.45) is 12.6. The molecule has 0 aromatic carbocycles. The van der Waals surface area contributed by atoms with Gasteiger partial charge in [-0.05, 0) is 18.6 Å². The molecule has 0 saturated carbocycles. The Morgan fingerprint density at radius 2 is 1.55 bits per heavy atom. The molecule has 4 nitrogen and oxygen atoms in total. The van der Waals surface area contributed by atoms with E-state index >= 15 is 0 Å².